The average molecular weight is 367 g/mol. The normalized spacial score (nSPS) is 12.9. The summed E-state index contributed by atoms with van der Waals surface area (Å²) in [6.07, 6.45) is 0.680. The van der Waals surface area contributed by atoms with Crippen molar-refractivity contribution in [1.29, 1.82) is 0 Å². The number of guanidine groups is 1. The molecular formula is C18H23F2N3O3. The zero-order valence-corrected chi connectivity index (χ0v) is 14.7. The first-order valence-corrected chi connectivity index (χ1v) is 8.24. The minimum absolute atomic E-state index is 0.119. The number of aliphatic imine (C=N–C) groups is 1. The fraction of sp³-hybridized carbons (Fsp3) is 0.389. The SMILES string of the molecule is CCNC(=NCC(O)c1ccco1)N(C)Cc1ccc(OC(F)F)cc1. The Labute approximate surface area is 151 Å². The number of rotatable bonds is 8. The van der Waals surface area contributed by atoms with Crippen LogP contribution in [0, 0.1) is 0 Å². The van der Waals surface area contributed by atoms with Gasteiger partial charge in [-0.25, -0.2) is 4.99 Å². The molecule has 0 fully saturated rings. The summed E-state index contributed by atoms with van der Waals surface area (Å²) in [5, 5.41) is 13.2. The van der Waals surface area contributed by atoms with Crippen molar-refractivity contribution in [3.05, 3.63) is 54.0 Å². The van der Waals surface area contributed by atoms with Crippen molar-refractivity contribution in [2.45, 2.75) is 26.2 Å². The predicted octanol–water partition coefficient (Wildman–Crippen LogP) is 3.01. The van der Waals surface area contributed by atoms with Crippen molar-refractivity contribution in [2.75, 3.05) is 20.1 Å². The van der Waals surface area contributed by atoms with Gasteiger partial charge in [0.2, 0.25) is 0 Å². The van der Waals surface area contributed by atoms with Crippen LogP contribution in [-0.4, -0.2) is 42.7 Å². The highest BCUT2D eigenvalue weighted by molar-refractivity contribution is 5.79. The van der Waals surface area contributed by atoms with Crippen LogP contribution in [0.15, 0.2) is 52.1 Å². The second-order valence-electron chi connectivity index (χ2n) is 5.60. The lowest BCUT2D eigenvalue weighted by Crippen LogP contribution is -2.38. The van der Waals surface area contributed by atoms with Crippen molar-refractivity contribution in [3.8, 4) is 5.75 Å². The van der Waals surface area contributed by atoms with E-state index in [9.17, 15) is 13.9 Å². The van der Waals surface area contributed by atoms with Crippen molar-refractivity contribution < 1.29 is 23.0 Å². The van der Waals surface area contributed by atoms with E-state index in [4.69, 9.17) is 4.42 Å². The van der Waals surface area contributed by atoms with E-state index < -0.39 is 12.7 Å². The maximum atomic E-state index is 12.2. The van der Waals surface area contributed by atoms with Gasteiger partial charge < -0.3 is 24.5 Å². The second-order valence-corrected chi connectivity index (χ2v) is 5.60. The third-order valence-corrected chi connectivity index (χ3v) is 3.55. The van der Waals surface area contributed by atoms with E-state index in [1.54, 1.807) is 24.3 Å². The Morgan fingerprint density at radius 2 is 2.04 bits per heavy atom. The van der Waals surface area contributed by atoms with E-state index in [-0.39, 0.29) is 12.3 Å². The number of aliphatic hydroxyl groups is 1. The molecule has 1 unspecified atom stereocenters. The molecule has 0 aliphatic carbocycles. The summed E-state index contributed by atoms with van der Waals surface area (Å²) in [4.78, 5) is 6.30. The largest absolute Gasteiger partial charge is 0.467 e. The van der Waals surface area contributed by atoms with Crippen LogP contribution in [0.2, 0.25) is 0 Å². The van der Waals surface area contributed by atoms with Crippen molar-refractivity contribution >= 4 is 5.96 Å². The molecule has 142 valence electrons. The summed E-state index contributed by atoms with van der Waals surface area (Å²) >= 11 is 0. The van der Waals surface area contributed by atoms with E-state index in [1.807, 2.05) is 18.9 Å². The number of nitrogens with zero attached hydrogens (tertiary/aromatic N) is 2. The third kappa shape index (κ3) is 6.03. The fourth-order valence-electron chi connectivity index (χ4n) is 2.34. The molecule has 2 aromatic rings. The second kappa shape index (κ2) is 9.76. The van der Waals surface area contributed by atoms with Gasteiger partial charge in [-0.05, 0) is 36.8 Å². The molecule has 6 nitrogen and oxygen atoms in total. The number of nitrogens with one attached hydrogen (secondary N) is 1. The van der Waals surface area contributed by atoms with Gasteiger partial charge in [0.1, 0.15) is 17.6 Å². The summed E-state index contributed by atoms with van der Waals surface area (Å²) in [6, 6.07) is 9.84. The van der Waals surface area contributed by atoms with Gasteiger partial charge in [0.05, 0.1) is 12.8 Å². The van der Waals surface area contributed by atoms with Crippen LogP contribution in [0.4, 0.5) is 8.78 Å². The first kappa shape index (κ1) is 19.7. The van der Waals surface area contributed by atoms with Gasteiger partial charge in [0.15, 0.2) is 5.96 Å². The first-order chi connectivity index (χ1) is 12.5. The van der Waals surface area contributed by atoms with Gasteiger partial charge in [-0.2, -0.15) is 8.78 Å². The van der Waals surface area contributed by atoms with E-state index >= 15 is 0 Å². The van der Waals surface area contributed by atoms with Crippen LogP contribution in [0.5, 0.6) is 5.75 Å². The lowest BCUT2D eigenvalue weighted by molar-refractivity contribution is -0.0498. The minimum atomic E-state index is -2.84. The number of hydrogen-bond acceptors (Lipinski definition) is 4. The summed E-state index contributed by atoms with van der Waals surface area (Å²) in [5.41, 5.74) is 0.909. The average Bonchev–Trinajstić information content (AvgIpc) is 3.14. The Balaban J connectivity index is 1.98. The monoisotopic (exact) mass is 367 g/mol. The van der Waals surface area contributed by atoms with Crippen LogP contribution < -0.4 is 10.1 Å². The smallest absolute Gasteiger partial charge is 0.387 e. The molecule has 2 rings (SSSR count). The first-order valence-electron chi connectivity index (χ1n) is 8.24. The summed E-state index contributed by atoms with van der Waals surface area (Å²) < 4.78 is 33.9. The molecule has 1 aromatic heterocycles. The van der Waals surface area contributed by atoms with Gasteiger partial charge in [0.25, 0.3) is 0 Å². The van der Waals surface area contributed by atoms with Gasteiger partial charge in [-0.3, -0.25) is 0 Å². The Morgan fingerprint density at radius 3 is 2.62 bits per heavy atom. The molecule has 1 heterocycles. The lowest BCUT2D eigenvalue weighted by atomic mass is 10.2. The highest BCUT2D eigenvalue weighted by atomic mass is 19.3. The summed E-state index contributed by atoms with van der Waals surface area (Å²) in [7, 11) is 1.85. The van der Waals surface area contributed by atoms with Gasteiger partial charge in [0, 0.05) is 20.1 Å². The molecule has 0 amide bonds. The standard InChI is InChI=1S/C18H23F2N3O3/c1-3-21-18(22-11-15(24)16-5-4-10-25-16)23(2)12-13-6-8-14(9-7-13)26-17(19)20/h4-10,15,17,24H,3,11-12H2,1-2H3,(H,21,22). The number of alkyl halides is 2. The van der Waals surface area contributed by atoms with Crippen molar-refractivity contribution in [2.24, 2.45) is 4.99 Å². The number of ether oxygens (including phenoxy) is 1. The highest BCUT2D eigenvalue weighted by Gasteiger charge is 2.12. The third-order valence-electron chi connectivity index (χ3n) is 3.55. The number of benzene rings is 1. The molecule has 0 aliphatic rings. The van der Waals surface area contributed by atoms with E-state index in [0.29, 0.717) is 24.8 Å². The van der Waals surface area contributed by atoms with Crippen LogP contribution >= 0.6 is 0 Å². The Bertz CT molecular complexity index is 675. The number of hydrogen-bond donors (Lipinski definition) is 2. The molecule has 0 radical (unpaired) electrons. The number of aliphatic hydroxyl groups excluding tert-OH is 1. The van der Waals surface area contributed by atoms with Crippen molar-refractivity contribution in [3.63, 3.8) is 0 Å². The number of furan rings is 1. The molecule has 1 atom stereocenters. The summed E-state index contributed by atoms with van der Waals surface area (Å²) in [6.45, 7) is 0.444. The van der Waals surface area contributed by atoms with E-state index in [1.165, 1.54) is 18.4 Å². The molecule has 1 aromatic carbocycles. The molecule has 0 spiro atoms. The van der Waals surface area contributed by atoms with Gasteiger partial charge in [-0.15, -0.1) is 0 Å². The van der Waals surface area contributed by atoms with Crippen LogP contribution in [0.1, 0.15) is 24.4 Å². The molecule has 8 heteroatoms. The van der Waals surface area contributed by atoms with Crippen LogP contribution in [0.3, 0.4) is 0 Å². The quantitative estimate of drug-likeness (QED) is 0.554. The predicted molar refractivity (Wildman–Crippen MR) is 94.2 cm³/mol. The van der Waals surface area contributed by atoms with Crippen LogP contribution in [-0.2, 0) is 6.54 Å². The Morgan fingerprint density at radius 1 is 1.31 bits per heavy atom. The molecule has 26 heavy (non-hydrogen) atoms. The van der Waals surface area contributed by atoms with Gasteiger partial charge >= 0.3 is 6.61 Å². The van der Waals surface area contributed by atoms with Gasteiger partial charge in [-0.1, -0.05) is 12.1 Å². The lowest BCUT2D eigenvalue weighted by Gasteiger charge is -2.22. The fourth-order valence-corrected chi connectivity index (χ4v) is 2.34. The van der Waals surface area contributed by atoms with Crippen LogP contribution in [0.25, 0.3) is 0 Å². The highest BCUT2D eigenvalue weighted by Crippen LogP contribution is 2.16. The maximum absolute atomic E-state index is 12.2. The molecule has 2 N–H and O–H groups in total. The topological polar surface area (TPSA) is 70.2 Å². The Hall–Kier alpha value is -2.61. The van der Waals surface area contributed by atoms with E-state index in [2.05, 4.69) is 15.0 Å². The number of halogens is 2. The minimum Gasteiger partial charge on any atom is -0.467 e. The zero-order valence-electron chi connectivity index (χ0n) is 14.7. The molecule has 0 aliphatic heterocycles. The van der Waals surface area contributed by atoms with Crippen molar-refractivity contribution in [1.82, 2.24) is 10.2 Å². The summed E-state index contributed by atoms with van der Waals surface area (Å²) in [5.74, 6) is 1.20. The zero-order chi connectivity index (χ0) is 18.9. The maximum Gasteiger partial charge on any atom is 0.387 e. The Kier molecular flexibility index (Phi) is 7.40. The molecular weight excluding hydrogens is 344 g/mol. The van der Waals surface area contributed by atoms with E-state index in [0.717, 1.165) is 5.56 Å². The molecule has 0 saturated carbocycles. The molecule has 0 bridgehead atoms. The molecule has 0 saturated heterocycles.